The second-order valence-electron chi connectivity index (χ2n) is 2.75. The van der Waals surface area contributed by atoms with E-state index in [4.69, 9.17) is 4.74 Å². The predicted molar refractivity (Wildman–Crippen MR) is 47.1 cm³/mol. The van der Waals surface area contributed by atoms with E-state index in [-0.39, 0.29) is 6.10 Å². The number of hydrogen-bond donors (Lipinski definition) is 1. The SMILES string of the molecule is COC(C)c1ncc2[nH]cnc2n1. The molecule has 1 N–H and O–H groups in total. The molecule has 0 saturated heterocycles. The van der Waals surface area contributed by atoms with Crippen LogP contribution in [-0.4, -0.2) is 27.0 Å². The molecule has 0 aliphatic rings. The van der Waals surface area contributed by atoms with Gasteiger partial charge in [-0.2, -0.15) is 0 Å². The van der Waals surface area contributed by atoms with Gasteiger partial charge < -0.3 is 9.72 Å². The molecular formula is C8H10N4O. The van der Waals surface area contributed by atoms with Gasteiger partial charge in [0.15, 0.2) is 11.5 Å². The summed E-state index contributed by atoms with van der Waals surface area (Å²) in [7, 11) is 1.63. The van der Waals surface area contributed by atoms with Gasteiger partial charge in [-0.3, -0.25) is 0 Å². The highest BCUT2D eigenvalue weighted by Crippen LogP contribution is 2.12. The van der Waals surface area contributed by atoms with Crippen LogP contribution in [0.2, 0.25) is 0 Å². The molecule has 5 heteroatoms. The first-order valence-electron chi connectivity index (χ1n) is 4.00. The van der Waals surface area contributed by atoms with Crippen LogP contribution in [0, 0.1) is 0 Å². The van der Waals surface area contributed by atoms with E-state index >= 15 is 0 Å². The van der Waals surface area contributed by atoms with Crippen molar-refractivity contribution < 1.29 is 4.74 Å². The second kappa shape index (κ2) is 3.10. The lowest BCUT2D eigenvalue weighted by Gasteiger charge is -2.05. The van der Waals surface area contributed by atoms with Gasteiger partial charge in [-0.05, 0) is 6.92 Å². The van der Waals surface area contributed by atoms with Gasteiger partial charge >= 0.3 is 0 Å². The van der Waals surface area contributed by atoms with Gasteiger partial charge in [0, 0.05) is 7.11 Å². The zero-order valence-corrected chi connectivity index (χ0v) is 7.48. The van der Waals surface area contributed by atoms with Crippen molar-refractivity contribution in [3.63, 3.8) is 0 Å². The first kappa shape index (κ1) is 8.12. The molecule has 13 heavy (non-hydrogen) atoms. The van der Waals surface area contributed by atoms with Crippen LogP contribution in [0.15, 0.2) is 12.5 Å². The van der Waals surface area contributed by atoms with Gasteiger partial charge in [0.05, 0.1) is 12.5 Å². The van der Waals surface area contributed by atoms with Crippen molar-refractivity contribution in [3.05, 3.63) is 18.3 Å². The third-order valence-corrected chi connectivity index (χ3v) is 1.91. The van der Waals surface area contributed by atoms with Crippen molar-refractivity contribution in [3.8, 4) is 0 Å². The zero-order valence-electron chi connectivity index (χ0n) is 7.48. The predicted octanol–water partition coefficient (Wildman–Crippen LogP) is 1.06. The number of nitrogens with zero attached hydrogens (tertiary/aromatic N) is 3. The molecule has 1 unspecified atom stereocenters. The maximum atomic E-state index is 5.10. The molecule has 5 nitrogen and oxygen atoms in total. The molecule has 0 aromatic carbocycles. The third-order valence-electron chi connectivity index (χ3n) is 1.91. The minimum absolute atomic E-state index is 0.0962. The number of ether oxygens (including phenoxy) is 1. The molecule has 2 aromatic rings. The number of fused-ring (bicyclic) bond motifs is 1. The normalized spacial score (nSPS) is 13.4. The zero-order chi connectivity index (χ0) is 9.26. The van der Waals surface area contributed by atoms with E-state index in [1.54, 1.807) is 19.6 Å². The van der Waals surface area contributed by atoms with Crippen molar-refractivity contribution in [1.82, 2.24) is 19.9 Å². The van der Waals surface area contributed by atoms with E-state index in [2.05, 4.69) is 19.9 Å². The molecule has 0 spiro atoms. The Balaban J connectivity index is 2.48. The Hall–Kier alpha value is -1.49. The lowest BCUT2D eigenvalue weighted by Crippen LogP contribution is -2.02. The average Bonchev–Trinajstić information content (AvgIpc) is 2.63. The lowest BCUT2D eigenvalue weighted by atomic mass is 10.3. The quantitative estimate of drug-likeness (QED) is 0.746. The third kappa shape index (κ3) is 1.38. The smallest absolute Gasteiger partial charge is 0.180 e. The van der Waals surface area contributed by atoms with Gasteiger partial charge in [0.25, 0.3) is 0 Å². The van der Waals surface area contributed by atoms with Gasteiger partial charge in [0.1, 0.15) is 11.6 Å². The minimum atomic E-state index is -0.0962. The van der Waals surface area contributed by atoms with Crippen LogP contribution in [0.3, 0.4) is 0 Å². The second-order valence-corrected chi connectivity index (χ2v) is 2.75. The molecule has 2 rings (SSSR count). The fourth-order valence-electron chi connectivity index (χ4n) is 1.05. The standard InChI is InChI=1S/C8H10N4O/c1-5(13-2)7-9-3-6-8(12-7)11-4-10-6/h3-5H,1-2H3,(H,9,10,11,12). The molecule has 68 valence electrons. The molecule has 0 fully saturated rings. The van der Waals surface area contributed by atoms with E-state index in [0.29, 0.717) is 11.5 Å². The van der Waals surface area contributed by atoms with Crippen LogP contribution >= 0.6 is 0 Å². The number of imidazole rings is 1. The highest BCUT2D eigenvalue weighted by Gasteiger charge is 2.08. The average molecular weight is 178 g/mol. The maximum Gasteiger partial charge on any atom is 0.180 e. The fraction of sp³-hybridized carbons (Fsp3) is 0.375. The fourth-order valence-corrected chi connectivity index (χ4v) is 1.05. The Bertz CT molecular complexity index is 411. The van der Waals surface area contributed by atoms with Crippen molar-refractivity contribution in [2.75, 3.05) is 7.11 Å². The number of aromatic nitrogens is 4. The molecule has 0 saturated carbocycles. The molecule has 0 aliphatic carbocycles. The summed E-state index contributed by atoms with van der Waals surface area (Å²) in [5, 5.41) is 0. The first-order chi connectivity index (χ1) is 6.31. The van der Waals surface area contributed by atoms with Gasteiger partial charge in [-0.1, -0.05) is 0 Å². The van der Waals surface area contributed by atoms with Crippen LogP contribution in [-0.2, 0) is 4.74 Å². The van der Waals surface area contributed by atoms with E-state index in [0.717, 1.165) is 5.52 Å². The van der Waals surface area contributed by atoms with E-state index in [1.165, 1.54) is 0 Å². The van der Waals surface area contributed by atoms with E-state index in [1.807, 2.05) is 6.92 Å². The van der Waals surface area contributed by atoms with Crippen molar-refractivity contribution in [2.24, 2.45) is 0 Å². The Morgan fingerprint density at radius 2 is 2.31 bits per heavy atom. The molecule has 0 radical (unpaired) electrons. The summed E-state index contributed by atoms with van der Waals surface area (Å²) in [4.78, 5) is 15.3. The Labute approximate surface area is 75.2 Å². The van der Waals surface area contributed by atoms with Crippen LogP contribution < -0.4 is 0 Å². The number of rotatable bonds is 2. The van der Waals surface area contributed by atoms with Gasteiger partial charge in [-0.25, -0.2) is 15.0 Å². The van der Waals surface area contributed by atoms with Crippen LogP contribution in [0.4, 0.5) is 0 Å². The van der Waals surface area contributed by atoms with E-state index in [9.17, 15) is 0 Å². The molecule has 2 heterocycles. The Morgan fingerprint density at radius 1 is 1.46 bits per heavy atom. The largest absolute Gasteiger partial charge is 0.374 e. The number of nitrogens with one attached hydrogen (secondary N) is 1. The highest BCUT2D eigenvalue weighted by molar-refractivity contribution is 5.68. The number of methoxy groups -OCH3 is 1. The molecule has 0 bridgehead atoms. The monoisotopic (exact) mass is 178 g/mol. The van der Waals surface area contributed by atoms with Gasteiger partial charge in [0.2, 0.25) is 0 Å². The summed E-state index contributed by atoms with van der Waals surface area (Å²) >= 11 is 0. The molecule has 1 atom stereocenters. The highest BCUT2D eigenvalue weighted by atomic mass is 16.5. The maximum absolute atomic E-state index is 5.10. The Morgan fingerprint density at radius 3 is 3.08 bits per heavy atom. The number of H-pyrrole nitrogens is 1. The summed E-state index contributed by atoms with van der Waals surface area (Å²) < 4.78 is 5.10. The summed E-state index contributed by atoms with van der Waals surface area (Å²) in [5.41, 5.74) is 1.51. The molecule has 2 aromatic heterocycles. The first-order valence-corrected chi connectivity index (χ1v) is 4.00. The van der Waals surface area contributed by atoms with Crippen LogP contribution in [0.5, 0.6) is 0 Å². The topological polar surface area (TPSA) is 63.7 Å². The summed E-state index contributed by atoms with van der Waals surface area (Å²) in [6.07, 6.45) is 3.21. The molecule has 0 aliphatic heterocycles. The number of aromatic amines is 1. The minimum Gasteiger partial charge on any atom is -0.374 e. The summed E-state index contributed by atoms with van der Waals surface area (Å²) in [6.45, 7) is 1.90. The summed E-state index contributed by atoms with van der Waals surface area (Å²) in [6, 6.07) is 0. The van der Waals surface area contributed by atoms with Crippen LogP contribution in [0.25, 0.3) is 11.2 Å². The van der Waals surface area contributed by atoms with E-state index < -0.39 is 0 Å². The number of hydrogen-bond acceptors (Lipinski definition) is 4. The lowest BCUT2D eigenvalue weighted by molar-refractivity contribution is 0.112. The molecule has 0 amide bonds. The Kier molecular flexibility index (Phi) is 1.94. The van der Waals surface area contributed by atoms with Gasteiger partial charge in [-0.15, -0.1) is 0 Å². The van der Waals surface area contributed by atoms with Crippen molar-refractivity contribution >= 4 is 11.2 Å². The van der Waals surface area contributed by atoms with Crippen LogP contribution in [0.1, 0.15) is 18.9 Å². The molecular weight excluding hydrogens is 168 g/mol. The summed E-state index contributed by atoms with van der Waals surface area (Å²) in [5.74, 6) is 0.655. The van der Waals surface area contributed by atoms with Crippen molar-refractivity contribution in [2.45, 2.75) is 13.0 Å². The van der Waals surface area contributed by atoms with Crippen molar-refractivity contribution in [1.29, 1.82) is 0 Å².